The Balaban J connectivity index is 0.000000133. The zero-order valence-electron chi connectivity index (χ0n) is 12.4. The molecule has 0 aliphatic rings. The number of benzene rings is 2. The van der Waals surface area contributed by atoms with Crippen LogP contribution >= 0.6 is 0 Å². The van der Waals surface area contributed by atoms with Gasteiger partial charge in [0.15, 0.2) is 0 Å². The van der Waals surface area contributed by atoms with Crippen LogP contribution in [0.3, 0.4) is 0 Å². The summed E-state index contributed by atoms with van der Waals surface area (Å²) < 4.78 is 1.87. The van der Waals surface area contributed by atoms with Gasteiger partial charge >= 0.3 is 0 Å². The van der Waals surface area contributed by atoms with Gasteiger partial charge in [-0.15, -0.1) is 0 Å². The molecular weight excluding hydrogens is 270 g/mol. The second kappa shape index (κ2) is 6.68. The summed E-state index contributed by atoms with van der Waals surface area (Å²) in [6.07, 6.45) is 3.77. The van der Waals surface area contributed by atoms with E-state index in [0.717, 1.165) is 16.9 Å². The number of nitrogens with zero attached hydrogens (tertiary/aromatic N) is 3. The van der Waals surface area contributed by atoms with E-state index in [-0.39, 0.29) is 0 Å². The molecule has 108 valence electrons. The van der Waals surface area contributed by atoms with Crippen molar-refractivity contribution in [2.75, 3.05) is 0 Å². The van der Waals surface area contributed by atoms with Crippen molar-refractivity contribution in [3.63, 3.8) is 0 Å². The Morgan fingerprint density at radius 2 is 1.50 bits per heavy atom. The van der Waals surface area contributed by atoms with Gasteiger partial charge in [0.05, 0.1) is 16.9 Å². The van der Waals surface area contributed by atoms with E-state index in [4.69, 9.17) is 0 Å². The molecule has 0 spiro atoms. The lowest BCUT2D eigenvalue weighted by Crippen LogP contribution is -1.93. The number of rotatable bonds is 1. The summed E-state index contributed by atoms with van der Waals surface area (Å²) in [6, 6.07) is 24.2. The standard InChI is InChI=1S/C10H10N2.C9H7N/c1-9-7-8-12(11-9)10-5-3-2-4-6-10;1-2-6-9-8(4-1)5-3-7-10-9/h2-8H,1H3;1-7H. The van der Waals surface area contributed by atoms with Gasteiger partial charge in [0.25, 0.3) is 0 Å². The van der Waals surface area contributed by atoms with Crippen LogP contribution in [-0.2, 0) is 0 Å². The summed E-state index contributed by atoms with van der Waals surface area (Å²) >= 11 is 0. The van der Waals surface area contributed by atoms with Crippen LogP contribution in [0.25, 0.3) is 16.6 Å². The molecule has 4 rings (SSSR count). The maximum Gasteiger partial charge on any atom is 0.0701 e. The normalized spacial score (nSPS) is 10.0. The highest BCUT2D eigenvalue weighted by Gasteiger charge is 1.94. The first-order valence-electron chi connectivity index (χ1n) is 7.20. The maximum absolute atomic E-state index is 4.30. The summed E-state index contributed by atoms with van der Waals surface area (Å²) in [6.45, 7) is 1.99. The number of hydrogen-bond donors (Lipinski definition) is 0. The summed E-state index contributed by atoms with van der Waals surface area (Å²) in [5.41, 5.74) is 3.20. The largest absolute Gasteiger partial charge is 0.256 e. The van der Waals surface area contributed by atoms with Crippen LogP contribution in [0.15, 0.2) is 85.2 Å². The Kier molecular flexibility index (Phi) is 4.25. The summed E-state index contributed by atoms with van der Waals surface area (Å²) in [5, 5.41) is 5.50. The summed E-state index contributed by atoms with van der Waals surface area (Å²) in [4.78, 5) is 4.18. The van der Waals surface area contributed by atoms with E-state index in [9.17, 15) is 0 Å². The lowest BCUT2D eigenvalue weighted by atomic mass is 10.2. The zero-order chi connectivity index (χ0) is 15.2. The van der Waals surface area contributed by atoms with Gasteiger partial charge < -0.3 is 0 Å². The SMILES string of the molecule is Cc1ccn(-c2ccccc2)n1.c1ccc2ncccc2c1. The molecule has 3 heteroatoms. The number of fused-ring (bicyclic) bond motifs is 1. The van der Waals surface area contributed by atoms with Crippen LogP contribution in [0.2, 0.25) is 0 Å². The van der Waals surface area contributed by atoms with Crippen LogP contribution in [0.1, 0.15) is 5.69 Å². The highest BCUT2D eigenvalue weighted by molar-refractivity contribution is 5.77. The minimum absolute atomic E-state index is 1.04. The van der Waals surface area contributed by atoms with Crippen molar-refractivity contribution in [2.24, 2.45) is 0 Å². The quantitative estimate of drug-likeness (QED) is 0.519. The van der Waals surface area contributed by atoms with Crippen molar-refractivity contribution >= 4 is 10.9 Å². The number of para-hydroxylation sites is 2. The van der Waals surface area contributed by atoms with Crippen LogP contribution in [0.4, 0.5) is 0 Å². The molecule has 0 unspecified atom stereocenters. The molecule has 2 heterocycles. The average molecular weight is 287 g/mol. The molecule has 0 atom stereocenters. The smallest absolute Gasteiger partial charge is 0.0701 e. The molecule has 0 bridgehead atoms. The van der Waals surface area contributed by atoms with Gasteiger partial charge in [-0.2, -0.15) is 5.10 Å². The predicted octanol–water partition coefficient (Wildman–Crippen LogP) is 4.42. The molecule has 3 nitrogen and oxygen atoms in total. The van der Waals surface area contributed by atoms with Gasteiger partial charge in [-0.3, -0.25) is 4.98 Å². The molecule has 0 amide bonds. The first-order chi connectivity index (χ1) is 10.8. The fourth-order valence-electron chi connectivity index (χ4n) is 2.16. The lowest BCUT2D eigenvalue weighted by molar-refractivity contribution is 0.863. The number of pyridine rings is 1. The third-order valence-electron chi connectivity index (χ3n) is 3.26. The number of aryl methyl sites for hydroxylation is 1. The average Bonchev–Trinajstić information content (AvgIpc) is 3.03. The topological polar surface area (TPSA) is 30.7 Å². The minimum atomic E-state index is 1.04. The monoisotopic (exact) mass is 287 g/mol. The highest BCUT2D eigenvalue weighted by atomic mass is 15.3. The molecular formula is C19H17N3. The first-order valence-corrected chi connectivity index (χ1v) is 7.20. The number of hydrogen-bond acceptors (Lipinski definition) is 2. The molecule has 22 heavy (non-hydrogen) atoms. The minimum Gasteiger partial charge on any atom is -0.256 e. The molecule has 0 aliphatic heterocycles. The predicted molar refractivity (Wildman–Crippen MR) is 90.0 cm³/mol. The molecule has 0 fully saturated rings. The van der Waals surface area contributed by atoms with Gasteiger partial charge in [0.1, 0.15) is 0 Å². The Morgan fingerprint density at radius 1 is 0.773 bits per heavy atom. The number of aromatic nitrogens is 3. The summed E-state index contributed by atoms with van der Waals surface area (Å²) in [5.74, 6) is 0. The van der Waals surface area contributed by atoms with E-state index < -0.39 is 0 Å². The van der Waals surface area contributed by atoms with Crippen molar-refractivity contribution in [1.82, 2.24) is 14.8 Å². The molecule has 4 aromatic rings. The molecule has 2 aromatic heterocycles. The second-order valence-corrected chi connectivity index (χ2v) is 4.93. The van der Waals surface area contributed by atoms with Crippen LogP contribution in [-0.4, -0.2) is 14.8 Å². The second-order valence-electron chi connectivity index (χ2n) is 4.93. The Bertz CT molecular complexity index is 785. The van der Waals surface area contributed by atoms with E-state index in [2.05, 4.69) is 22.2 Å². The van der Waals surface area contributed by atoms with Crippen LogP contribution in [0, 0.1) is 6.92 Å². The molecule has 0 saturated carbocycles. The van der Waals surface area contributed by atoms with Gasteiger partial charge in [-0.25, -0.2) is 4.68 Å². The van der Waals surface area contributed by atoms with Gasteiger partial charge in [0.2, 0.25) is 0 Å². The van der Waals surface area contributed by atoms with Gasteiger partial charge in [-0.05, 0) is 37.3 Å². The maximum atomic E-state index is 4.30. The van der Waals surface area contributed by atoms with E-state index in [1.54, 1.807) is 0 Å². The van der Waals surface area contributed by atoms with E-state index in [0.29, 0.717) is 0 Å². The Labute approximate surface area is 129 Å². The third kappa shape index (κ3) is 3.38. The molecule has 0 aliphatic carbocycles. The summed E-state index contributed by atoms with van der Waals surface area (Å²) in [7, 11) is 0. The molecule has 0 saturated heterocycles. The first kappa shape index (κ1) is 14.0. The lowest BCUT2D eigenvalue weighted by Gasteiger charge is -1.98. The third-order valence-corrected chi connectivity index (χ3v) is 3.26. The zero-order valence-corrected chi connectivity index (χ0v) is 12.4. The van der Waals surface area contributed by atoms with Crippen molar-refractivity contribution in [3.8, 4) is 5.69 Å². The van der Waals surface area contributed by atoms with Crippen LogP contribution in [0.5, 0.6) is 0 Å². The Morgan fingerprint density at radius 3 is 2.23 bits per heavy atom. The van der Waals surface area contributed by atoms with Crippen molar-refractivity contribution in [3.05, 3.63) is 90.9 Å². The van der Waals surface area contributed by atoms with Crippen molar-refractivity contribution in [1.29, 1.82) is 0 Å². The van der Waals surface area contributed by atoms with Crippen molar-refractivity contribution < 1.29 is 0 Å². The van der Waals surface area contributed by atoms with E-state index >= 15 is 0 Å². The van der Waals surface area contributed by atoms with Crippen LogP contribution < -0.4 is 0 Å². The molecule has 0 N–H and O–H groups in total. The fraction of sp³-hybridized carbons (Fsp3) is 0.0526. The van der Waals surface area contributed by atoms with Gasteiger partial charge in [0, 0.05) is 17.8 Å². The van der Waals surface area contributed by atoms with Crippen molar-refractivity contribution in [2.45, 2.75) is 6.92 Å². The van der Waals surface area contributed by atoms with E-state index in [1.165, 1.54) is 5.39 Å². The molecule has 2 aromatic carbocycles. The Hall–Kier alpha value is -2.94. The molecule has 0 radical (unpaired) electrons. The fourth-order valence-corrected chi connectivity index (χ4v) is 2.16. The van der Waals surface area contributed by atoms with Gasteiger partial charge in [-0.1, -0.05) is 42.5 Å². The highest BCUT2D eigenvalue weighted by Crippen LogP contribution is 2.08. The van der Waals surface area contributed by atoms with E-state index in [1.807, 2.05) is 84.7 Å².